The number of nitrogen functional groups attached to an aromatic ring is 1. The van der Waals surface area contributed by atoms with Crippen molar-refractivity contribution in [2.45, 2.75) is 43.8 Å². The lowest BCUT2D eigenvalue weighted by Gasteiger charge is -2.29. The van der Waals surface area contributed by atoms with Crippen LogP contribution in [0.5, 0.6) is 0 Å². The van der Waals surface area contributed by atoms with Gasteiger partial charge in [0.05, 0.1) is 11.3 Å². The number of rotatable bonds is 3. The van der Waals surface area contributed by atoms with E-state index >= 15 is 0 Å². The first-order valence-electron chi connectivity index (χ1n) is 11.8. The summed E-state index contributed by atoms with van der Waals surface area (Å²) in [5.41, 5.74) is 5.96. The van der Waals surface area contributed by atoms with Crippen LogP contribution in [0, 0.1) is 5.92 Å². The summed E-state index contributed by atoms with van der Waals surface area (Å²) in [6, 6.07) is 2.82. The zero-order chi connectivity index (χ0) is 24.1. The standard InChI is InChI=1S/C23H30F3N7O/c1-31-6-2-15(3-7-31)12-29-21(34)32-8-4-22(14-32)5-9-33-19(22)11-18(30-33)16-10-17(23(24,25)26)20(27)28-13-16/h10-11,13,15H,2-9,12,14H2,1H3,(H2,27,28)(H,29,34). The first-order valence-corrected chi connectivity index (χ1v) is 11.8. The second kappa shape index (κ2) is 8.44. The normalized spacial score (nSPS) is 23.6. The molecule has 1 spiro atoms. The van der Waals surface area contributed by atoms with E-state index in [0.717, 1.165) is 50.5 Å². The van der Waals surface area contributed by atoms with Crippen LogP contribution in [0.1, 0.15) is 36.9 Å². The van der Waals surface area contributed by atoms with E-state index in [1.54, 1.807) is 0 Å². The molecule has 2 saturated heterocycles. The van der Waals surface area contributed by atoms with Crippen molar-refractivity contribution in [1.29, 1.82) is 0 Å². The van der Waals surface area contributed by atoms with Crippen molar-refractivity contribution < 1.29 is 18.0 Å². The van der Waals surface area contributed by atoms with Gasteiger partial charge in [-0.1, -0.05) is 0 Å². The molecule has 3 aliphatic heterocycles. The number of carbonyl (C=O) groups is 1. The predicted molar refractivity (Wildman–Crippen MR) is 121 cm³/mol. The fraction of sp³-hybridized carbons (Fsp3) is 0.609. The molecule has 3 aliphatic rings. The average Bonchev–Trinajstić information content (AvgIpc) is 3.50. The molecule has 1 unspecified atom stereocenters. The number of aryl methyl sites for hydroxylation is 1. The highest BCUT2D eigenvalue weighted by Crippen LogP contribution is 2.44. The third-order valence-electron chi connectivity index (χ3n) is 7.67. The lowest BCUT2D eigenvalue weighted by atomic mass is 9.82. The Labute approximate surface area is 196 Å². The fourth-order valence-electron chi connectivity index (χ4n) is 5.51. The van der Waals surface area contributed by atoms with Crippen LogP contribution in [0.15, 0.2) is 18.3 Å². The number of likely N-dealkylation sites (tertiary alicyclic amines) is 2. The number of carbonyl (C=O) groups excluding carboxylic acids is 1. The number of amides is 2. The Morgan fingerprint density at radius 3 is 2.68 bits per heavy atom. The summed E-state index contributed by atoms with van der Waals surface area (Å²) < 4.78 is 41.7. The zero-order valence-corrected chi connectivity index (χ0v) is 19.2. The second-order valence-corrected chi connectivity index (χ2v) is 9.93. The van der Waals surface area contributed by atoms with Crippen molar-refractivity contribution in [2.24, 2.45) is 5.92 Å². The molecular formula is C23H30F3N7O. The number of nitrogens with two attached hydrogens (primary N) is 1. The maximum absolute atomic E-state index is 13.3. The molecule has 184 valence electrons. The van der Waals surface area contributed by atoms with Crippen LogP contribution in [-0.2, 0) is 18.1 Å². The molecule has 0 aliphatic carbocycles. The lowest BCUT2D eigenvalue weighted by molar-refractivity contribution is -0.137. The number of nitrogens with zero attached hydrogens (tertiary/aromatic N) is 5. The monoisotopic (exact) mass is 477 g/mol. The molecule has 2 amide bonds. The molecule has 0 aromatic carbocycles. The van der Waals surface area contributed by atoms with E-state index in [1.807, 2.05) is 15.6 Å². The number of anilines is 1. The molecule has 34 heavy (non-hydrogen) atoms. The molecule has 2 aromatic rings. The van der Waals surface area contributed by atoms with Crippen LogP contribution in [-0.4, -0.2) is 70.4 Å². The molecule has 3 N–H and O–H groups in total. The van der Waals surface area contributed by atoms with Gasteiger partial charge in [0.15, 0.2) is 0 Å². The van der Waals surface area contributed by atoms with Gasteiger partial charge in [-0.2, -0.15) is 18.3 Å². The molecule has 0 saturated carbocycles. The van der Waals surface area contributed by atoms with Gasteiger partial charge in [-0.15, -0.1) is 0 Å². The van der Waals surface area contributed by atoms with Crippen LogP contribution in [0.3, 0.4) is 0 Å². The Hall–Kier alpha value is -2.82. The van der Waals surface area contributed by atoms with E-state index in [2.05, 4.69) is 27.3 Å². The number of fused-ring (bicyclic) bond motifs is 2. The Morgan fingerprint density at radius 1 is 1.21 bits per heavy atom. The molecule has 2 aromatic heterocycles. The summed E-state index contributed by atoms with van der Waals surface area (Å²) in [7, 11) is 2.12. The van der Waals surface area contributed by atoms with E-state index in [-0.39, 0.29) is 17.0 Å². The number of alkyl halides is 3. The van der Waals surface area contributed by atoms with Gasteiger partial charge in [0, 0.05) is 49.0 Å². The molecule has 5 heterocycles. The van der Waals surface area contributed by atoms with Gasteiger partial charge in [0.1, 0.15) is 5.82 Å². The number of nitrogens with one attached hydrogen (secondary N) is 1. The molecule has 8 nitrogen and oxygen atoms in total. The van der Waals surface area contributed by atoms with E-state index in [1.165, 1.54) is 6.20 Å². The highest BCUT2D eigenvalue weighted by atomic mass is 19.4. The van der Waals surface area contributed by atoms with Crippen LogP contribution in [0.25, 0.3) is 11.3 Å². The number of aromatic nitrogens is 3. The zero-order valence-electron chi connectivity index (χ0n) is 19.2. The largest absolute Gasteiger partial charge is 0.419 e. The lowest BCUT2D eigenvalue weighted by Crippen LogP contribution is -2.43. The van der Waals surface area contributed by atoms with Crippen molar-refractivity contribution in [2.75, 3.05) is 45.5 Å². The first kappa shape index (κ1) is 22.9. The second-order valence-electron chi connectivity index (χ2n) is 9.93. The number of hydrogen-bond acceptors (Lipinski definition) is 5. The Balaban J connectivity index is 1.28. The average molecular weight is 478 g/mol. The molecule has 2 fully saturated rings. The van der Waals surface area contributed by atoms with Gasteiger partial charge in [0.2, 0.25) is 0 Å². The van der Waals surface area contributed by atoms with Crippen LogP contribution in [0.4, 0.5) is 23.8 Å². The van der Waals surface area contributed by atoms with Gasteiger partial charge in [0.25, 0.3) is 0 Å². The van der Waals surface area contributed by atoms with Crippen molar-refractivity contribution in [3.05, 3.63) is 29.6 Å². The number of hydrogen-bond donors (Lipinski definition) is 2. The summed E-state index contributed by atoms with van der Waals surface area (Å²) in [6.07, 6.45) is 0.615. The van der Waals surface area contributed by atoms with Gasteiger partial charge >= 0.3 is 12.2 Å². The summed E-state index contributed by atoms with van der Waals surface area (Å²) in [4.78, 5) is 20.8. The Kier molecular flexibility index (Phi) is 5.70. The Bertz CT molecular complexity index is 1080. The van der Waals surface area contributed by atoms with Gasteiger partial charge in [-0.05, 0) is 63.9 Å². The van der Waals surface area contributed by atoms with E-state index < -0.39 is 17.6 Å². The molecule has 0 radical (unpaired) electrons. The third-order valence-corrected chi connectivity index (χ3v) is 7.67. The Morgan fingerprint density at radius 2 is 1.94 bits per heavy atom. The first-order chi connectivity index (χ1) is 16.1. The van der Waals surface area contributed by atoms with Gasteiger partial charge < -0.3 is 20.9 Å². The minimum Gasteiger partial charge on any atom is -0.383 e. The SMILES string of the molecule is CN1CCC(CNC(=O)N2CCC3(CCn4nc(-c5cnc(N)c(C(F)(F)F)c5)cc43)C2)CC1. The fourth-order valence-corrected chi connectivity index (χ4v) is 5.51. The molecule has 5 rings (SSSR count). The summed E-state index contributed by atoms with van der Waals surface area (Å²) in [5.74, 6) is -0.0283. The minimum atomic E-state index is -4.58. The molecule has 0 bridgehead atoms. The number of pyridine rings is 1. The van der Waals surface area contributed by atoms with Crippen molar-refractivity contribution in [1.82, 2.24) is 29.9 Å². The van der Waals surface area contributed by atoms with Gasteiger partial charge in [-0.3, -0.25) is 4.68 Å². The maximum atomic E-state index is 13.3. The molecule has 1 atom stereocenters. The smallest absolute Gasteiger partial charge is 0.383 e. The van der Waals surface area contributed by atoms with Crippen molar-refractivity contribution >= 4 is 11.8 Å². The predicted octanol–water partition coefficient (Wildman–Crippen LogP) is 2.94. The molecule has 11 heteroatoms. The number of halogens is 3. The van der Waals surface area contributed by atoms with Crippen molar-refractivity contribution in [3.63, 3.8) is 0 Å². The van der Waals surface area contributed by atoms with Crippen LogP contribution >= 0.6 is 0 Å². The minimum absolute atomic E-state index is 0.0356. The highest BCUT2D eigenvalue weighted by molar-refractivity contribution is 5.75. The number of urea groups is 1. The molecular weight excluding hydrogens is 447 g/mol. The van der Waals surface area contributed by atoms with E-state index in [0.29, 0.717) is 37.8 Å². The topological polar surface area (TPSA) is 92.3 Å². The van der Waals surface area contributed by atoms with Crippen LogP contribution in [0.2, 0.25) is 0 Å². The summed E-state index contributed by atoms with van der Waals surface area (Å²) in [5, 5.41) is 7.67. The quantitative estimate of drug-likeness (QED) is 0.709. The highest BCUT2D eigenvalue weighted by Gasteiger charge is 2.47. The van der Waals surface area contributed by atoms with Gasteiger partial charge in [-0.25, -0.2) is 9.78 Å². The van der Waals surface area contributed by atoms with Crippen molar-refractivity contribution in [3.8, 4) is 11.3 Å². The van der Waals surface area contributed by atoms with E-state index in [9.17, 15) is 18.0 Å². The summed E-state index contributed by atoms with van der Waals surface area (Å²) in [6.45, 7) is 4.74. The summed E-state index contributed by atoms with van der Waals surface area (Å²) >= 11 is 0. The third kappa shape index (κ3) is 4.21. The number of piperidine rings is 1. The van der Waals surface area contributed by atoms with E-state index in [4.69, 9.17) is 5.73 Å². The van der Waals surface area contributed by atoms with Crippen LogP contribution < -0.4 is 11.1 Å². The maximum Gasteiger partial charge on any atom is 0.419 e.